The molecule has 1 heterocycles. The highest BCUT2D eigenvalue weighted by Gasteiger charge is 2.16. The Labute approximate surface area is 126 Å². The zero-order valence-electron chi connectivity index (χ0n) is 11.7. The SMILES string of the molecule is Cc1cccc(NC(=O)C(C)Sc2nc(N)cc(=O)[nH]2)c1. The first-order chi connectivity index (χ1) is 9.94. The maximum atomic E-state index is 12.1. The van der Waals surface area contributed by atoms with Crippen molar-refractivity contribution >= 4 is 29.2 Å². The van der Waals surface area contributed by atoms with Gasteiger partial charge in [0.05, 0.1) is 5.25 Å². The summed E-state index contributed by atoms with van der Waals surface area (Å²) in [4.78, 5) is 29.9. The highest BCUT2D eigenvalue weighted by molar-refractivity contribution is 8.00. The lowest BCUT2D eigenvalue weighted by molar-refractivity contribution is -0.115. The van der Waals surface area contributed by atoms with Crippen molar-refractivity contribution < 1.29 is 4.79 Å². The van der Waals surface area contributed by atoms with E-state index >= 15 is 0 Å². The monoisotopic (exact) mass is 304 g/mol. The van der Waals surface area contributed by atoms with Crippen molar-refractivity contribution in [3.8, 4) is 0 Å². The molecule has 1 unspecified atom stereocenters. The summed E-state index contributed by atoms with van der Waals surface area (Å²) in [7, 11) is 0. The number of aryl methyl sites for hydroxylation is 1. The molecule has 21 heavy (non-hydrogen) atoms. The fourth-order valence-corrected chi connectivity index (χ4v) is 2.52. The number of nitrogens with two attached hydrogens (primary N) is 1. The number of hydrogen-bond acceptors (Lipinski definition) is 5. The van der Waals surface area contributed by atoms with Crippen molar-refractivity contribution in [3.05, 3.63) is 46.2 Å². The first kappa shape index (κ1) is 15.1. The minimum atomic E-state index is -0.421. The molecular formula is C14H16N4O2S. The molecule has 4 N–H and O–H groups in total. The third-order valence-electron chi connectivity index (χ3n) is 2.68. The number of thioether (sulfide) groups is 1. The fourth-order valence-electron chi connectivity index (χ4n) is 1.70. The van der Waals surface area contributed by atoms with Crippen molar-refractivity contribution in [1.29, 1.82) is 0 Å². The van der Waals surface area contributed by atoms with Gasteiger partial charge in [-0.25, -0.2) is 4.98 Å². The van der Waals surface area contributed by atoms with Gasteiger partial charge in [0, 0.05) is 11.8 Å². The van der Waals surface area contributed by atoms with Gasteiger partial charge in [-0.15, -0.1) is 0 Å². The summed E-state index contributed by atoms with van der Waals surface area (Å²) >= 11 is 1.14. The van der Waals surface area contributed by atoms with Gasteiger partial charge in [0.25, 0.3) is 5.56 Å². The summed E-state index contributed by atoms with van der Waals surface area (Å²) in [5.74, 6) is -0.0387. The van der Waals surface area contributed by atoms with Gasteiger partial charge < -0.3 is 16.0 Å². The number of amides is 1. The molecule has 0 aliphatic rings. The molecule has 110 valence electrons. The molecule has 1 amide bonds. The molecule has 0 spiro atoms. The largest absolute Gasteiger partial charge is 0.383 e. The van der Waals surface area contributed by atoms with Crippen molar-refractivity contribution in [2.75, 3.05) is 11.1 Å². The van der Waals surface area contributed by atoms with Gasteiger partial charge in [-0.3, -0.25) is 9.59 Å². The van der Waals surface area contributed by atoms with E-state index in [1.54, 1.807) is 6.92 Å². The quantitative estimate of drug-likeness (QED) is 0.590. The van der Waals surface area contributed by atoms with Crippen LogP contribution in [0, 0.1) is 6.92 Å². The van der Waals surface area contributed by atoms with Crippen LogP contribution >= 0.6 is 11.8 Å². The molecule has 6 nitrogen and oxygen atoms in total. The molecule has 1 atom stereocenters. The number of carbonyl (C=O) groups is 1. The number of carbonyl (C=O) groups excluding carboxylic acids is 1. The number of nitrogens with zero attached hydrogens (tertiary/aromatic N) is 1. The Bertz CT molecular complexity index is 714. The first-order valence-corrected chi connectivity index (χ1v) is 7.23. The van der Waals surface area contributed by atoms with Gasteiger partial charge in [0.2, 0.25) is 5.91 Å². The van der Waals surface area contributed by atoms with Crippen LogP contribution in [-0.4, -0.2) is 21.1 Å². The first-order valence-electron chi connectivity index (χ1n) is 6.35. The molecule has 2 rings (SSSR count). The topological polar surface area (TPSA) is 101 Å². The second-order valence-corrected chi connectivity index (χ2v) is 5.92. The number of benzene rings is 1. The van der Waals surface area contributed by atoms with E-state index in [0.717, 1.165) is 23.0 Å². The van der Waals surface area contributed by atoms with Gasteiger partial charge in [0.15, 0.2) is 5.16 Å². The highest BCUT2D eigenvalue weighted by Crippen LogP contribution is 2.20. The standard InChI is InChI=1S/C14H16N4O2S/c1-8-4-3-5-10(6-8)16-13(20)9(2)21-14-17-11(15)7-12(19)18-14/h3-7,9H,1-2H3,(H,16,20)(H3,15,17,18,19). The summed E-state index contributed by atoms with van der Waals surface area (Å²) in [6.45, 7) is 3.69. The molecule has 1 aromatic carbocycles. The van der Waals surface area contributed by atoms with Gasteiger partial charge in [-0.05, 0) is 31.5 Å². The lowest BCUT2D eigenvalue weighted by atomic mass is 10.2. The Morgan fingerprint density at radius 1 is 1.43 bits per heavy atom. The maximum Gasteiger partial charge on any atom is 0.253 e. The van der Waals surface area contributed by atoms with Crippen LogP contribution in [0.25, 0.3) is 0 Å². The molecule has 0 radical (unpaired) electrons. The lowest BCUT2D eigenvalue weighted by Gasteiger charge is -2.11. The smallest absolute Gasteiger partial charge is 0.253 e. The van der Waals surface area contributed by atoms with Gasteiger partial charge in [-0.1, -0.05) is 23.9 Å². The van der Waals surface area contributed by atoms with Gasteiger partial charge in [0.1, 0.15) is 5.82 Å². The second kappa shape index (κ2) is 6.45. The predicted molar refractivity (Wildman–Crippen MR) is 84.4 cm³/mol. The van der Waals surface area contributed by atoms with Crippen LogP contribution in [0.3, 0.4) is 0 Å². The summed E-state index contributed by atoms with van der Waals surface area (Å²) in [6, 6.07) is 8.73. The summed E-state index contributed by atoms with van der Waals surface area (Å²) in [6.07, 6.45) is 0. The molecule has 0 aliphatic heterocycles. The predicted octanol–water partition coefficient (Wildman–Crippen LogP) is 1.78. The van der Waals surface area contributed by atoms with E-state index in [1.165, 1.54) is 6.07 Å². The Kier molecular flexibility index (Phi) is 4.64. The maximum absolute atomic E-state index is 12.1. The van der Waals surface area contributed by atoms with E-state index < -0.39 is 5.25 Å². The Hall–Kier alpha value is -2.28. The van der Waals surface area contributed by atoms with Crippen molar-refractivity contribution in [2.45, 2.75) is 24.3 Å². The number of anilines is 2. The zero-order chi connectivity index (χ0) is 15.4. The molecule has 0 saturated carbocycles. The van der Waals surface area contributed by atoms with E-state index in [4.69, 9.17) is 5.73 Å². The van der Waals surface area contributed by atoms with E-state index in [-0.39, 0.29) is 17.3 Å². The fraction of sp³-hybridized carbons (Fsp3) is 0.214. The summed E-state index contributed by atoms with van der Waals surface area (Å²) in [5, 5.41) is 2.73. The molecule has 7 heteroatoms. The Morgan fingerprint density at radius 2 is 2.19 bits per heavy atom. The van der Waals surface area contributed by atoms with Crippen LogP contribution in [0.2, 0.25) is 0 Å². The minimum absolute atomic E-state index is 0.132. The number of aromatic nitrogens is 2. The normalized spacial score (nSPS) is 11.9. The average molecular weight is 304 g/mol. The molecule has 0 fully saturated rings. The van der Waals surface area contributed by atoms with Gasteiger partial charge in [-0.2, -0.15) is 0 Å². The summed E-state index contributed by atoms with van der Waals surface area (Å²) < 4.78 is 0. The molecule has 1 aromatic heterocycles. The van der Waals surface area contributed by atoms with Gasteiger partial charge >= 0.3 is 0 Å². The van der Waals surface area contributed by atoms with Crippen molar-refractivity contribution in [3.63, 3.8) is 0 Å². The van der Waals surface area contributed by atoms with Crippen LogP contribution in [0.15, 0.2) is 40.3 Å². The number of nitrogen functional groups attached to an aromatic ring is 1. The average Bonchev–Trinajstić information content (AvgIpc) is 2.37. The number of H-pyrrole nitrogens is 1. The molecule has 0 bridgehead atoms. The number of rotatable bonds is 4. The van der Waals surface area contributed by atoms with Crippen molar-refractivity contribution in [1.82, 2.24) is 9.97 Å². The van der Waals surface area contributed by atoms with Crippen LogP contribution in [0.5, 0.6) is 0 Å². The van der Waals surface area contributed by atoms with E-state index in [9.17, 15) is 9.59 Å². The highest BCUT2D eigenvalue weighted by atomic mass is 32.2. The van der Waals surface area contributed by atoms with E-state index in [0.29, 0.717) is 5.16 Å². The molecular weight excluding hydrogens is 288 g/mol. The lowest BCUT2D eigenvalue weighted by Crippen LogP contribution is -2.23. The molecule has 0 aliphatic carbocycles. The zero-order valence-corrected chi connectivity index (χ0v) is 12.5. The number of hydrogen-bond donors (Lipinski definition) is 3. The van der Waals surface area contributed by atoms with Crippen LogP contribution in [0.4, 0.5) is 11.5 Å². The van der Waals surface area contributed by atoms with Crippen LogP contribution in [0.1, 0.15) is 12.5 Å². The Balaban J connectivity index is 2.04. The Morgan fingerprint density at radius 3 is 2.86 bits per heavy atom. The van der Waals surface area contributed by atoms with E-state index in [2.05, 4.69) is 15.3 Å². The molecule has 2 aromatic rings. The summed E-state index contributed by atoms with van der Waals surface area (Å²) in [5.41, 5.74) is 6.97. The third-order valence-corrected chi connectivity index (χ3v) is 3.67. The number of nitrogens with one attached hydrogen (secondary N) is 2. The minimum Gasteiger partial charge on any atom is -0.383 e. The van der Waals surface area contributed by atoms with Crippen LogP contribution < -0.4 is 16.6 Å². The second-order valence-electron chi connectivity index (χ2n) is 4.59. The molecule has 0 saturated heterocycles. The van der Waals surface area contributed by atoms with E-state index in [1.807, 2.05) is 31.2 Å². The number of aromatic amines is 1. The van der Waals surface area contributed by atoms with Crippen molar-refractivity contribution in [2.24, 2.45) is 0 Å². The third kappa shape index (κ3) is 4.35. The van der Waals surface area contributed by atoms with Crippen LogP contribution in [-0.2, 0) is 4.79 Å².